The lowest BCUT2D eigenvalue weighted by Crippen LogP contribution is -2.26. The smallest absolute Gasteiger partial charge is 0.170 e. The van der Waals surface area contributed by atoms with E-state index in [4.69, 9.17) is 13.9 Å². The predicted molar refractivity (Wildman–Crippen MR) is 249 cm³/mol. The van der Waals surface area contributed by atoms with Crippen molar-refractivity contribution >= 4 is 39.0 Å². The fourth-order valence-corrected chi connectivity index (χ4v) is 11.5. The van der Waals surface area contributed by atoms with Gasteiger partial charge in [-0.05, 0) is 122 Å². The lowest BCUT2D eigenvalue weighted by Gasteiger charge is -2.32. The molecule has 1 spiro atoms. The first-order valence-corrected chi connectivity index (χ1v) is 21.4. The van der Waals surface area contributed by atoms with Gasteiger partial charge >= 0.3 is 0 Å². The molecule has 0 saturated carbocycles. The van der Waals surface area contributed by atoms with Crippen LogP contribution in [0.4, 0.5) is 17.1 Å². The van der Waals surface area contributed by atoms with Crippen molar-refractivity contribution in [2.45, 2.75) is 24.7 Å². The molecule has 4 nitrogen and oxygen atoms in total. The Labute approximate surface area is 358 Å². The van der Waals surface area contributed by atoms with Crippen molar-refractivity contribution in [3.05, 3.63) is 221 Å². The summed E-state index contributed by atoms with van der Waals surface area (Å²) >= 11 is 0. The minimum atomic E-state index is -0.612. The van der Waals surface area contributed by atoms with E-state index in [-0.39, 0.29) is 5.41 Å². The molecule has 0 amide bonds. The van der Waals surface area contributed by atoms with Gasteiger partial charge in [0.15, 0.2) is 23.0 Å². The molecule has 1 atom stereocenters. The van der Waals surface area contributed by atoms with Crippen molar-refractivity contribution in [3.63, 3.8) is 0 Å². The van der Waals surface area contributed by atoms with Crippen LogP contribution >= 0.6 is 0 Å². The Balaban J connectivity index is 1.04. The first-order valence-electron chi connectivity index (χ1n) is 21.4. The van der Waals surface area contributed by atoms with Crippen LogP contribution in [-0.4, -0.2) is 0 Å². The number of anilines is 3. The van der Waals surface area contributed by atoms with Crippen molar-refractivity contribution in [1.82, 2.24) is 0 Å². The third-order valence-corrected chi connectivity index (χ3v) is 14.1. The number of benzene rings is 9. The summed E-state index contributed by atoms with van der Waals surface area (Å²) in [5.74, 6) is 2.89. The Morgan fingerprint density at radius 3 is 1.76 bits per heavy atom. The first kappa shape index (κ1) is 34.0. The summed E-state index contributed by atoms with van der Waals surface area (Å²) in [7, 11) is 0. The zero-order valence-corrected chi connectivity index (χ0v) is 34.1. The molecule has 1 aromatic heterocycles. The molecule has 0 saturated heterocycles. The van der Waals surface area contributed by atoms with Gasteiger partial charge in [0, 0.05) is 39.2 Å². The first-order chi connectivity index (χ1) is 30.5. The number of nitrogens with zero attached hydrogens (tertiary/aromatic N) is 1. The van der Waals surface area contributed by atoms with Gasteiger partial charge in [-0.3, -0.25) is 0 Å². The zero-order chi connectivity index (χ0) is 40.9. The van der Waals surface area contributed by atoms with Gasteiger partial charge in [-0.15, -0.1) is 0 Å². The second-order valence-corrected chi connectivity index (χ2v) is 17.6. The summed E-state index contributed by atoms with van der Waals surface area (Å²) in [6, 6.07) is 68.1. The number of para-hydroxylation sites is 3. The Morgan fingerprint density at radius 1 is 0.371 bits per heavy atom. The van der Waals surface area contributed by atoms with Crippen LogP contribution in [0.25, 0.3) is 55.3 Å². The van der Waals surface area contributed by atoms with Crippen LogP contribution in [0.2, 0.25) is 0 Å². The van der Waals surface area contributed by atoms with Gasteiger partial charge in [-0.2, -0.15) is 0 Å². The third-order valence-electron chi connectivity index (χ3n) is 14.1. The second-order valence-electron chi connectivity index (χ2n) is 17.6. The van der Waals surface area contributed by atoms with E-state index < -0.39 is 5.41 Å². The van der Waals surface area contributed by atoms with Gasteiger partial charge in [0.05, 0.1) is 11.1 Å². The molecule has 9 aromatic carbocycles. The van der Waals surface area contributed by atoms with Crippen LogP contribution in [0.5, 0.6) is 23.0 Å². The summed E-state index contributed by atoms with van der Waals surface area (Å²) in [6.45, 7) is 4.71. The van der Waals surface area contributed by atoms with Crippen LogP contribution in [-0.2, 0) is 10.8 Å². The highest BCUT2D eigenvalue weighted by Crippen LogP contribution is 2.66. The number of furan rings is 1. The van der Waals surface area contributed by atoms with Crippen LogP contribution in [0, 0.1) is 0 Å². The summed E-state index contributed by atoms with van der Waals surface area (Å²) in [5, 5.41) is 2.22. The monoisotopic (exact) mass is 795 g/mol. The Hall–Kier alpha value is -7.82. The quantitative estimate of drug-likeness (QED) is 0.178. The van der Waals surface area contributed by atoms with Gasteiger partial charge in [0.2, 0.25) is 0 Å². The molecule has 10 aromatic rings. The summed E-state index contributed by atoms with van der Waals surface area (Å²) in [5.41, 5.74) is 19.2. The second kappa shape index (κ2) is 11.9. The summed E-state index contributed by atoms with van der Waals surface area (Å²) < 4.78 is 19.8. The van der Waals surface area contributed by atoms with Gasteiger partial charge in [-0.25, -0.2) is 0 Å². The summed E-state index contributed by atoms with van der Waals surface area (Å²) in [4.78, 5) is 2.46. The SMILES string of the molecule is CC1(C)c2ccccc2-c2ccc(N(c3ccc4c(c3)oc3ccccc34)c3cccc4c3-c3ccccc3C43c4ccccc4-c4cc5c(cc43)Oc3ccccc3O5)cc21. The highest BCUT2D eigenvalue weighted by molar-refractivity contribution is 6.07. The molecular formula is C58H37NO3. The fraction of sp³-hybridized carbons (Fsp3) is 0.0690. The van der Waals surface area contributed by atoms with E-state index in [1.54, 1.807) is 0 Å². The Morgan fingerprint density at radius 2 is 0.952 bits per heavy atom. The molecule has 0 N–H and O–H groups in total. The van der Waals surface area contributed by atoms with Crippen LogP contribution in [0.1, 0.15) is 47.2 Å². The van der Waals surface area contributed by atoms with E-state index in [1.165, 1.54) is 61.2 Å². The minimum Gasteiger partial charge on any atom is -0.456 e. The maximum absolute atomic E-state index is 6.65. The van der Waals surface area contributed by atoms with Crippen molar-refractivity contribution in [3.8, 4) is 56.4 Å². The molecule has 2 heterocycles. The zero-order valence-electron chi connectivity index (χ0n) is 34.1. The average Bonchev–Trinajstić information content (AvgIpc) is 3.99. The number of rotatable bonds is 3. The number of fused-ring (bicyclic) bond motifs is 18. The molecule has 1 aliphatic heterocycles. The van der Waals surface area contributed by atoms with E-state index in [0.717, 1.165) is 67.6 Å². The molecule has 0 bridgehead atoms. The van der Waals surface area contributed by atoms with Crippen molar-refractivity contribution < 1.29 is 13.9 Å². The van der Waals surface area contributed by atoms with Gasteiger partial charge in [0.1, 0.15) is 11.2 Å². The maximum atomic E-state index is 6.65. The largest absolute Gasteiger partial charge is 0.456 e. The highest BCUT2D eigenvalue weighted by Gasteiger charge is 2.53. The van der Waals surface area contributed by atoms with Crippen LogP contribution in [0.3, 0.4) is 0 Å². The van der Waals surface area contributed by atoms with Crippen molar-refractivity contribution in [1.29, 1.82) is 0 Å². The van der Waals surface area contributed by atoms with E-state index in [9.17, 15) is 0 Å². The van der Waals surface area contributed by atoms with E-state index in [2.05, 4.69) is 176 Å². The molecule has 62 heavy (non-hydrogen) atoms. The van der Waals surface area contributed by atoms with Crippen molar-refractivity contribution in [2.24, 2.45) is 0 Å². The topological polar surface area (TPSA) is 34.8 Å². The highest BCUT2D eigenvalue weighted by atomic mass is 16.6. The molecular weight excluding hydrogens is 759 g/mol. The van der Waals surface area contributed by atoms with Gasteiger partial charge < -0.3 is 18.8 Å². The maximum Gasteiger partial charge on any atom is 0.170 e. The standard InChI is InChI=1S/C58H37NO3/c1-57(2)43-18-7-3-14-36(43)38-28-26-34(30-47(38)57)59(35-27-29-40-39-16-6-10-23-50(39)60-53(40)31-35)49-22-13-21-46-56(49)41-17-5-9-20-45(41)58(46)44-19-8-4-15-37(44)42-32-54-55(33-48(42)58)62-52-25-12-11-24-51(52)61-54/h3-33H,1-2H3. The minimum absolute atomic E-state index is 0.172. The lowest BCUT2D eigenvalue weighted by molar-refractivity contribution is 0.359. The van der Waals surface area contributed by atoms with Gasteiger partial charge in [-0.1, -0.05) is 135 Å². The molecule has 292 valence electrons. The molecule has 4 aliphatic rings. The molecule has 0 fully saturated rings. The lowest BCUT2D eigenvalue weighted by atomic mass is 9.70. The van der Waals surface area contributed by atoms with E-state index in [0.29, 0.717) is 0 Å². The number of hydrogen-bond acceptors (Lipinski definition) is 4. The molecule has 4 heteroatoms. The fourth-order valence-electron chi connectivity index (χ4n) is 11.5. The molecule has 14 rings (SSSR count). The Kier molecular flexibility index (Phi) is 6.53. The van der Waals surface area contributed by atoms with E-state index in [1.807, 2.05) is 30.3 Å². The predicted octanol–water partition coefficient (Wildman–Crippen LogP) is 15.6. The Bertz CT molecular complexity index is 3590. The summed E-state index contributed by atoms with van der Waals surface area (Å²) in [6.07, 6.45) is 0. The van der Waals surface area contributed by atoms with Crippen molar-refractivity contribution in [2.75, 3.05) is 4.90 Å². The molecule has 0 radical (unpaired) electrons. The molecule has 3 aliphatic carbocycles. The molecule has 1 unspecified atom stereocenters. The van der Waals surface area contributed by atoms with Gasteiger partial charge in [0.25, 0.3) is 0 Å². The van der Waals surface area contributed by atoms with E-state index >= 15 is 0 Å². The third kappa shape index (κ3) is 4.26. The van der Waals surface area contributed by atoms with Crippen LogP contribution in [0.15, 0.2) is 192 Å². The number of hydrogen-bond donors (Lipinski definition) is 0. The normalized spacial score (nSPS) is 16.4. The van der Waals surface area contributed by atoms with Crippen LogP contribution < -0.4 is 14.4 Å². The number of ether oxygens (including phenoxy) is 2. The average molecular weight is 796 g/mol.